The van der Waals surface area contributed by atoms with Crippen LogP contribution in [-0.4, -0.2) is 21.9 Å². The molecule has 0 spiro atoms. The van der Waals surface area contributed by atoms with Gasteiger partial charge in [-0.3, -0.25) is 4.79 Å². The van der Waals surface area contributed by atoms with E-state index in [-0.39, 0.29) is 5.91 Å². The first-order valence-electron chi connectivity index (χ1n) is 7.69. The number of carbonyl (C=O) groups excluding carboxylic acids is 1. The third kappa shape index (κ3) is 3.68. The number of hydrogen-bond donors (Lipinski definition) is 1. The van der Waals surface area contributed by atoms with E-state index in [1.165, 1.54) is 0 Å². The number of thioether (sulfide) groups is 1. The lowest BCUT2D eigenvalue weighted by Gasteiger charge is -2.08. The maximum absolute atomic E-state index is 12.4. The van der Waals surface area contributed by atoms with Crippen LogP contribution in [0.2, 0.25) is 0 Å². The predicted molar refractivity (Wildman–Crippen MR) is 97.7 cm³/mol. The van der Waals surface area contributed by atoms with Crippen LogP contribution in [-0.2, 0) is 6.54 Å². The second kappa shape index (κ2) is 7.36. The first-order valence-corrected chi connectivity index (χ1v) is 8.91. The van der Waals surface area contributed by atoms with Crippen molar-refractivity contribution in [3.8, 4) is 5.69 Å². The predicted octanol–water partition coefficient (Wildman–Crippen LogP) is 3.83. The van der Waals surface area contributed by atoms with E-state index in [4.69, 9.17) is 0 Å². The zero-order valence-corrected chi connectivity index (χ0v) is 14.5. The summed E-state index contributed by atoms with van der Waals surface area (Å²) in [6.45, 7) is 2.40. The Morgan fingerprint density at radius 2 is 2.00 bits per heavy atom. The summed E-state index contributed by atoms with van der Waals surface area (Å²) in [7, 11) is 0. The Hall–Kier alpha value is -2.53. The Morgan fingerprint density at radius 3 is 2.75 bits per heavy atom. The van der Waals surface area contributed by atoms with Crippen molar-refractivity contribution >= 4 is 17.7 Å². The summed E-state index contributed by atoms with van der Waals surface area (Å²) in [6, 6.07) is 15.8. The van der Waals surface area contributed by atoms with Gasteiger partial charge in [-0.25, -0.2) is 4.68 Å². The topological polar surface area (TPSA) is 46.9 Å². The van der Waals surface area contributed by atoms with E-state index < -0.39 is 0 Å². The minimum Gasteiger partial charge on any atom is -0.348 e. The monoisotopic (exact) mass is 337 g/mol. The van der Waals surface area contributed by atoms with Gasteiger partial charge in [-0.2, -0.15) is 5.10 Å². The Bertz CT molecular complexity index is 843. The highest BCUT2D eigenvalue weighted by molar-refractivity contribution is 7.98. The smallest absolute Gasteiger partial charge is 0.251 e. The lowest BCUT2D eigenvalue weighted by atomic mass is 10.1. The zero-order valence-electron chi connectivity index (χ0n) is 13.7. The van der Waals surface area contributed by atoms with Gasteiger partial charge in [0.1, 0.15) is 0 Å². The minimum absolute atomic E-state index is 0.0594. The van der Waals surface area contributed by atoms with Gasteiger partial charge in [0.2, 0.25) is 0 Å². The second-order valence-electron chi connectivity index (χ2n) is 5.49. The molecule has 1 heterocycles. The molecule has 122 valence electrons. The van der Waals surface area contributed by atoms with Crippen LogP contribution in [0.15, 0.2) is 65.8 Å². The van der Waals surface area contributed by atoms with Crippen LogP contribution in [0.25, 0.3) is 5.69 Å². The molecule has 5 heteroatoms. The maximum Gasteiger partial charge on any atom is 0.251 e. The van der Waals surface area contributed by atoms with Crippen LogP contribution in [0.1, 0.15) is 21.5 Å². The summed E-state index contributed by atoms with van der Waals surface area (Å²) >= 11 is 1.63. The van der Waals surface area contributed by atoms with Crippen LogP contribution >= 0.6 is 11.8 Å². The molecule has 3 rings (SSSR count). The molecule has 24 heavy (non-hydrogen) atoms. The summed E-state index contributed by atoms with van der Waals surface area (Å²) in [6.07, 6.45) is 5.71. The molecular formula is C19H19N3OS. The van der Waals surface area contributed by atoms with E-state index in [2.05, 4.69) is 10.4 Å². The number of para-hydroxylation sites is 1. The summed E-state index contributed by atoms with van der Waals surface area (Å²) in [5.74, 6) is -0.0594. The average molecular weight is 337 g/mol. The number of rotatable bonds is 5. The molecule has 0 saturated heterocycles. The first-order chi connectivity index (χ1) is 11.7. The van der Waals surface area contributed by atoms with Crippen LogP contribution in [0, 0.1) is 6.92 Å². The molecule has 1 aromatic heterocycles. The number of nitrogens with one attached hydrogen (secondary N) is 1. The highest BCUT2D eigenvalue weighted by Crippen LogP contribution is 2.19. The van der Waals surface area contributed by atoms with E-state index in [0.717, 1.165) is 27.3 Å². The van der Waals surface area contributed by atoms with Crippen molar-refractivity contribution in [2.75, 3.05) is 6.26 Å². The van der Waals surface area contributed by atoms with E-state index in [1.807, 2.05) is 67.9 Å². The Labute approximate surface area is 145 Å². The number of carbonyl (C=O) groups is 1. The minimum atomic E-state index is -0.0594. The molecule has 0 fully saturated rings. The van der Waals surface area contributed by atoms with Crippen molar-refractivity contribution in [3.63, 3.8) is 0 Å². The largest absolute Gasteiger partial charge is 0.348 e. The summed E-state index contributed by atoms with van der Waals surface area (Å²) in [5, 5.41) is 7.31. The SMILES string of the molecule is CSc1ccc(C)c(C(=O)NCc2cnn(-c3ccccc3)c2)c1. The van der Waals surface area contributed by atoms with Crippen molar-refractivity contribution in [2.45, 2.75) is 18.4 Å². The molecule has 0 aliphatic rings. The number of amides is 1. The van der Waals surface area contributed by atoms with Gasteiger partial charge in [0.15, 0.2) is 0 Å². The fourth-order valence-corrected chi connectivity index (χ4v) is 2.86. The quantitative estimate of drug-likeness (QED) is 0.720. The second-order valence-corrected chi connectivity index (χ2v) is 6.37. The van der Waals surface area contributed by atoms with Crippen LogP contribution in [0.5, 0.6) is 0 Å². The lowest BCUT2D eigenvalue weighted by molar-refractivity contribution is 0.0950. The number of hydrogen-bond acceptors (Lipinski definition) is 3. The molecule has 3 aromatic rings. The van der Waals surface area contributed by atoms with Gasteiger partial charge >= 0.3 is 0 Å². The third-order valence-corrected chi connectivity index (χ3v) is 4.52. The molecule has 4 nitrogen and oxygen atoms in total. The van der Waals surface area contributed by atoms with Gasteiger partial charge in [0.25, 0.3) is 5.91 Å². The molecule has 0 aliphatic heterocycles. The van der Waals surface area contributed by atoms with Gasteiger partial charge in [-0.1, -0.05) is 24.3 Å². The normalized spacial score (nSPS) is 10.6. The van der Waals surface area contributed by atoms with Crippen molar-refractivity contribution in [3.05, 3.63) is 77.6 Å². The summed E-state index contributed by atoms with van der Waals surface area (Å²) in [5.41, 5.74) is 3.66. The highest BCUT2D eigenvalue weighted by Gasteiger charge is 2.10. The number of aromatic nitrogens is 2. The van der Waals surface area contributed by atoms with E-state index >= 15 is 0 Å². The molecule has 1 N–H and O–H groups in total. The molecule has 1 amide bonds. The van der Waals surface area contributed by atoms with E-state index in [1.54, 1.807) is 22.6 Å². The van der Waals surface area contributed by atoms with Crippen LogP contribution < -0.4 is 5.32 Å². The standard InChI is InChI=1S/C19H19N3OS/c1-14-8-9-17(24-2)10-18(14)19(23)20-11-15-12-21-22(13-15)16-6-4-3-5-7-16/h3-10,12-13H,11H2,1-2H3,(H,20,23). The van der Waals surface area contributed by atoms with E-state index in [9.17, 15) is 4.79 Å². The first kappa shape index (κ1) is 16.3. The summed E-state index contributed by atoms with van der Waals surface area (Å²) in [4.78, 5) is 13.5. The number of nitrogens with zero attached hydrogens (tertiary/aromatic N) is 2. The lowest BCUT2D eigenvalue weighted by Crippen LogP contribution is -2.23. The molecule has 2 aromatic carbocycles. The highest BCUT2D eigenvalue weighted by atomic mass is 32.2. The van der Waals surface area contributed by atoms with E-state index in [0.29, 0.717) is 6.54 Å². The van der Waals surface area contributed by atoms with Gasteiger partial charge in [-0.05, 0) is 43.0 Å². The Morgan fingerprint density at radius 1 is 1.21 bits per heavy atom. The molecule has 0 aliphatic carbocycles. The Balaban J connectivity index is 1.68. The molecule has 0 unspecified atom stereocenters. The van der Waals surface area contributed by atoms with Gasteiger partial charge in [0.05, 0.1) is 11.9 Å². The Kier molecular flexibility index (Phi) is 5.01. The molecular weight excluding hydrogens is 318 g/mol. The molecule has 0 radical (unpaired) electrons. The van der Waals surface area contributed by atoms with Gasteiger partial charge in [-0.15, -0.1) is 11.8 Å². The van der Waals surface area contributed by atoms with Gasteiger partial charge in [0, 0.05) is 28.8 Å². The fraction of sp³-hybridized carbons (Fsp3) is 0.158. The average Bonchev–Trinajstić information content (AvgIpc) is 3.10. The zero-order chi connectivity index (χ0) is 16.9. The number of aryl methyl sites for hydroxylation is 1. The third-order valence-electron chi connectivity index (χ3n) is 3.80. The van der Waals surface area contributed by atoms with Crippen molar-refractivity contribution in [1.82, 2.24) is 15.1 Å². The number of benzene rings is 2. The maximum atomic E-state index is 12.4. The van der Waals surface area contributed by atoms with Gasteiger partial charge < -0.3 is 5.32 Å². The molecule has 0 bridgehead atoms. The van der Waals surface area contributed by atoms with Crippen LogP contribution in [0.3, 0.4) is 0 Å². The van der Waals surface area contributed by atoms with Crippen molar-refractivity contribution in [1.29, 1.82) is 0 Å². The fourth-order valence-electron chi connectivity index (χ4n) is 2.42. The summed E-state index contributed by atoms with van der Waals surface area (Å²) < 4.78 is 1.81. The van der Waals surface area contributed by atoms with Crippen molar-refractivity contribution in [2.24, 2.45) is 0 Å². The van der Waals surface area contributed by atoms with Crippen LogP contribution in [0.4, 0.5) is 0 Å². The molecule has 0 atom stereocenters. The van der Waals surface area contributed by atoms with Crippen molar-refractivity contribution < 1.29 is 4.79 Å². The molecule has 0 saturated carbocycles.